The average molecular weight is 391 g/mol. The number of esters is 1. The Labute approximate surface area is 154 Å². The summed E-state index contributed by atoms with van der Waals surface area (Å²) in [6.07, 6.45) is 2.45. The molecule has 1 saturated heterocycles. The lowest BCUT2D eigenvalue weighted by atomic mass is 10.2. The Bertz CT molecular complexity index is 1070. The molecule has 9 heteroatoms. The lowest BCUT2D eigenvalue weighted by Crippen LogP contribution is -2.30. The first-order valence-electron chi connectivity index (χ1n) is 8.10. The van der Waals surface area contributed by atoms with Gasteiger partial charge in [-0.25, -0.2) is 18.2 Å². The lowest BCUT2D eigenvalue weighted by Gasteiger charge is -2.17. The zero-order valence-electron chi connectivity index (χ0n) is 14.0. The molecule has 136 valence electrons. The third-order valence-corrected chi connectivity index (χ3v) is 7.55. The van der Waals surface area contributed by atoms with Crippen LogP contribution in [0.5, 0.6) is 0 Å². The van der Waals surface area contributed by atoms with Crippen molar-refractivity contribution in [3.63, 3.8) is 0 Å². The number of nitrogens with zero attached hydrogens (tertiary/aromatic N) is 3. The van der Waals surface area contributed by atoms with Crippen LogP contribution in [0.3, 0.4) is 0 Å². The van der Waals surface area contributed by atoms with Gasteiger partial charge in [-0.1, -0.05) is 12.1 Å². The summed E-state index contributed by atoms with van der Waals surface area (Å²) in [6, 6.07) is 9.26. The topological polar surface area (TPSA) is 81.5 Å². The van der Waals surface area contributed by atoms with Crippen LogP contribution < -0.4 is 0 Å². The first-order valence-corrected chi connectivity index (χ1v) is 10.4. The van der Waals surface area contributed by atoms with Crippen LogP contribution >= 0.6 is 11.3 Å². The van der Waals surface area contributed by atoms with Crippen LogP contribution in [0.2, 0.25) is 0 Å². The predicted molar refractivity (Wildman–Crippen MR) is 97.8 cm³/mol. The van der Waals surface area contributed by atoms with Gasteiger partial charge in [-0.05, 0) is 30.0 Å². The minimum atomic E-state index is -3.75. The molecular formula is C17H17N3O4S2. The van der Waals surface area contributed by atoms with Gasteiger partial charge in [0.25, 0.3) is 0 Å². The van der Waals surface area contributed by atoms with Crippen molar-refractivity contribution in [3.05, 3.63) is 46.9 Å². The molecule has 0 spiro atoms. The van der Waals surface area contributed by atoms with E-state index >= 15 is 0 Å². The molecule has 1 aliphatic rings. The molecule has 7 nitrogen and oxygen atoms in total. The highest BCUT2D eigenvalue weighted by Crippen LogP contribution is 2.32. The molecule has 0 amide bonds. The van der Waals surface area contributed by atoms with E-state index in [4.69, 9.17) is 4.74 Å². The molecule has 1 unspecified atom stereocenters. The number of hydrogen-bond acceptors (Lipinski definition) is 6. The number of fused-ring (bicyclic) bond motifs is 1. The van der Waals surface area contributed by atoms with Crippen LogP contribution in [0, 0.1) is 0 Å². The van der Waals surface area contributed by atoms with E-state index < -0.39 is 16.0 Å². The quantitative estimate of drug-likeness (QED) is 0.639. The third-order valence-electron chi connectivity index (χ3n) is 4.62. The summed E-state index contributed by atoms with van der Waals surface area (Å²) in [7, 11) is -2.50. The zero-order chi connectivity index (χ0) is 18.3. The summed E-state index contributed by atoms with van der Waals surface area (Å²) in [5.74, 6) is -0.630. The number of sulfonamides is 1. The summed E-state index contributed by atoms with van der Waals surface area (Å²) in [5, 5.41) is 1.59. The van der Waals surface area contributed by atoms with Gasteiger partial charge in [0.2, 0.25) is 10.0 Å². The van der Waals surface area contributed by atoms with Crippen molar-refractivity contribution in [1.82, 2.24) is 13.9 Å². The van der Waals surface area contributed by atoms with Gasteiger partial charge in [-0.2, -0.15) is 4.31 Å². The fraction of sp³-hybridized carbons (Fsp3) is 0.294. The van der Waals surface area contributed by atoms with Gasteiger partial charge in [0, 0.05) is 13.1 Å². The Balaban J connectivity index is 1.62. The maximum atomic E-state index is 13.0. The van der Waals surface area contributed by atoms with Crippen molar-refractivity contribution >= 4 is 38.4 Å². The van der Waals surface area contributed by atoms with E-state index in [0.717, 1.165) is 22.4 Å². The Morgan fingerprint density at radius 1 is 1.31 bits per heavy atom. The summed E-state index contributed by atoms with van der Waals surface area (Å²) in [4.78, 5) is 16.4. The second kappa shape index (κ2) is 6.49. The molecular weight excluding hydrogens is 374 g/mol. The second-order valence-electron chi connectivity index (χ2n) is 6.05. The van der Waals surface area contributed by atoms with Crippen molar-refractivity contribution < 1.29 is 17.9 Å². The van der Waals surface area contributed by atoms with Gasteiger partial charge in [0.1, 0.15) is 9.77 Å². The largest absolute Gasteiger partial charge is 0.465 e. The lowest BCUT2D eigenvalue weighted by molar-refractivity contribution is 0.0602. The predicted octanol–water partition coefficient (Wildman–Crippen LogP) is 2.52. The summed E-state index contributed by atoms with van der Waals surface area (Å²) >= 11 is 1.07. The Morgan fingerprint density at radius 2 is 2.12 bits per heavy atom. The van der Waals surface area contributed by atoms with E-state index in [9.17, 15) is 13.2 Å². The second-order valence-corrected chi connectivity index (χ2v) is 8.87. The van der Waals surface area contributed by atoms with Crippen LogP contribution in [-0.4, -0.2) is 48.4 Å². The molecule has 1 atom stereocenters. The summed E-state index contributed by atoms with van der Waals surface area (Å²) in [6.45, 7) is 0.745. The minimum Gasteiger partial charge on any atom is -0.465 e. The highest BCUT2D eigenvalue weighted by Gasteiger charge is 2.36. The van der Waals surface area contributed by atoms with Crippen molar-refractivity contribution in [1.29, 1.82) is 0 Å². The van der Waals surface area contributed by atoms with Crippen molar-refractivity contribution in [2.24, 2.45) is 0 Å². The molecule has 3 aromatic rings. The van der Waals surface area contributed by atoms with Crippen molar-refractivity contribution in [2.75, 3.05) is 20.2 Å². The number of methoxy groups -OCH3 is 1. The highest BCUT2D eigenvalue weighted by molar-refractivity contribution is 7.89. The highest BCUT2D eigenvalue weighted by atomic mass is 32.2. The fourth-order valence-electron chi connectivity index (χ4n) is 3.31. The van der Waals surface area contributed by atoms with Crippen LogP contribution in [0.25, 0.3) is 11.0 Å². The van der Waals surface area contributed by atoms with E-state index in [1.165, 1.54) is 17.5 Å². The first-order chi connectivity index (χ1) is 12.5. The SMILES string of the molecule is COC(=O)c1sccc1S(=O)(=O)N1CCC(n2cnc3ccccc32)C1. The molecule has 26 heavy (non-hydrogen) atoms. The number of carbonyl (C=O) groups excluding carboxylic acids is 1. The molecule has 1 fully saturated rings. The minimum absolute atomic E-state index is 0.0115. The van der Waals surface area contributed by atoms with Crippen LogP contribution in [0.15, 0.2) is 46.9 Å². The summed E-state index contributed by atoms with van der Waals surface area (Å²) in [5.41, 5.74) is 1.88. The fourth-order valence-corrected chi connectivity index (χ4v) is 6.11. The van der Waals surface area contributed by atoms with Gasteiger partial charge in [0.15, 0.2) is 0 Å². The number of thiophene rings is 1. The number of carbonyl (C=O) groups is 1. The van der Waals surface area contributed by atoms with Crippen molar-refractivity contribution in [2.45, 2.75) is 17.4 Å². The number of para-hydroxylation sites is 2. The number of rotatable bonds is 4. The van der Waals surface area contributed by atoms with E-state index in [1.807, 2.05) is 28.8 Å². The number of imidazole rings is 1. The maximum absolute atomic E-state index is 13.0. The molecule has 0 aliphatic carbocycles. The number of hydrogen-bond donors (Lipinski definition) is 0. The Kier molecular flexibility index (Phi) is 4.29. The van der Waals surface area contributed by atoms with Gasteiger partial charge >= 0.3 is 5.97 Å². The Hall–Kier alpha value is -2.23. The third kappa shape index (κ3) is 2.72. The number of benzene rings is 1. The Morgan fingerprint density at radius 3 is 2.92 bits per heavy atom. The molecule has 0 radical (unpaired) electrons. The zero-order valence-corrected chi connectivity index (χ0v) is 15.7. The molecule has 0 N–H and O–H groups in total. The van der Waals surface area contributed by atoms with Crippen LogP contribution in [0.4, 0.5) is 0 Å². The molecule has 2 aromatic heterocycles. The molecule has 4 rings (SSSR count). The van der Waals surface area contributed by atoms with E-state index in [1.54, 1.807) is 11.7 Å². The van der Waals surface area contributed by atoms with Gasteiger partial charge in [-0.3, -0.25) is 0 Å². The normalized spacial score (nSPS) is 18.4. The maximum Gasteiger partial charge on any atom is 0.349 e. The van der Waals surface area contributed by atoms with Gasteiger partial charge in [-0.15, -0.1) is 11.3 Å². The van der Waals surface area contributed by atoms with E-state index in [2.05, 4.69) is 4.98 Å². The molecule has 0 bridgehead atoms. The number of ether oxygens (including phenoxy) is 1. The van der Waals surface area contributed by atoms with E-state index in [-0.39, 0.29) is 15.8 Å². The molecule has 0 saturated carbocycles. The first kappa shape index (κ1) is 17.2. The van der Waals surface area contributed by atoms with E-state index in [0.29, 0.717) is 19.5 Å². The molecule has 3 heterocycles. The standard InChI is InChI=1S/C17H17N3O4S2/c1-24-17(21)16-15(7-9-25-16)26(22,23)19-8-6-12(10-19)20-11-18-13-4-2-3-5-14(13)20/h2-5,7,9,11-12H,6,8,10H2,1H3. The van der Waals surface area contributed by atoms with Gasteiger partial charge < -0.3 is 9.30 Å². The molecule has 1 aliphatic heterocycles. The average Bonchev–Trinajstić information content (AvgIpc) is 3.38. The van der Waals surface area contributed by atoms with Crippen LogP contribution in [-0.2, 0) is 14.8 Å². The van der Waals surface area contributed by atoms with Crippen molar-refractivity contribution in [3.8, 4) is 0 Å². The number of aromatic nitrogens is 2. The van der Waals surface area contributed by atoms with Gasteiger partial charge in [0.05, 0.1) is 30.5 Å². The van der Waals surface area contributed by atoms with Crippen LogP contribution in [0.1, 0.15) is 22.1 Å². The summed E-state index contributed by atoms with van der Waals surface area (Å²) < 4.78 is 34.2. The smallest absolute Gasteiger partial charge is 0.349 e. The monoisotopic (exact) mass is 391 g/mol. The molecule has 1 aromatic carbocycles.